The molecule has 0 atom stereocenters. The van der Waals surface area contributed by atoms with Crippen molar-refractivity contribution in [1.29, 1.82) is 0 Å². The number of rotatable bonds is 4. The molecule has 1 aromatic heterocycles. The highest BCUT2D eigenvalue weighted by Crippen LogP contribution is 2.34. The van der Waals surface area contributed by atoms with E-state index in [2.05, 4.69) is 4.98 Å². The average molecular weight is 373 g/mol. The summed E-state index contributed by atoms with van der Waals surface area (Å²) in [5.74, 6) is 0. The van der Waals surface area contributed by atoms with Crippen molar-refractivity contribution in [2.75, 3.05) is 0 Å². The highest BCUT2D eigenvalue weighted by Gasteiger charge is 2.20. The number of nitrogens with one attached hydrogen (secondary N) is 2. The summed E-state index contributed by atoms with van der Waals surface area (Å²) in [6.07, 6.45) is 2.13. The van der Waals surface area contributed by atoms with Crippen molar-refractivity contribution in [3.63, 3.8) is 0 Å². The van der Waals surface area contributed by atoms with Gasteiger partial charge in [-0.25, -0.2) is 4.79 Å². The third kappa shape index (κ3) is 3.34. The number of aromatic nitrogens is 2. The molecule has 0 aliphatic heterocycles. The van der Waals surface area contributed by atoms with Gasteiger partial charge in [-0.3, -0.25) is 30.0 Å². The minimum atomic E-state index is -1.19. The number of nitro groups is 2. The first kappa shape index (κ1) is 17.4. The molecular formula is C12H6Cl2N4O6. The number of hydrogen-bond donors (Lipinski definition) is 2. The third-order valence-corrected chi connectivity index (χ3v) is 3.57. The topological polar surface area (TPSA) is 152 Å². The molecule has 12 heteroatoms. The fraction of sp³-hybridized carbons (Fsp3) is 0. The number of H-pyrrole nitrogens is 2. The number of nitro benzene ring substituents is 1. The second-order valence-corrected chi connectivity index (χ2v) is 5.10. The molecule has 10 nitrogen and oxygen atoms in total. The van der Waals surface area contributed by atoms with Crippen LogP contribution in [0.5, 0.6) is 0 Å². The molecule has 0 aliphatic rings. The summed E-state index contributed by atoms with van der Waals surface area (Å²) < 4.78 is 0. The molecule has 0 aliphatic carbocycles. The van der Waals surface area contributed by atoms with E-state index in [1.807, 2.05) is 0 Å². The van der Waals surface area contributed by atoms with Crippen LogP contribution in [0.4, 0.5) is 11.4 Å². The normalized spacial score (nSPS) is 10.9. The number of aromatic amines is 2. The molecule has 0 bridgehead atoms. The molecule has 0 radical (unpaired) electrons. The van der Waals surface area contributed by atoms with E-state index in [9.17, 15) is 29.8 Å². The van der Waals surface area contributed by atoms with E-state index in [1.54, 1.807) is 4.98 Å². The standard InChI is InChI=1S/C12H6Cl2N4O6/c13-6-2-4-8(17(21)22)9(14)5(6)1-3-7-10(18(23)24)11(19)16-12(20)15-7/h1-4H,(H2,15,16,19,20)/b3-1+. The maximum atomic E-state index is 11.5. The van der Waals surface area contributed by atoms with Gasteiger partial charge >= 0.3 is 16.9 Å². The largest absolute Gasteiger partial charge is 0.357 e. The van der Waals surface area contributed by atoms with Crippen molar-refractivity contribution < 1.29 is 9.85 Å². The van der Waals surface area contributed by atoms with Crippen LogP contribution in [0.15, 0.2) is 21.7 Å². The summed E-state index contributed by atoms with van der Waals surface area (Å²) >= 11 is 11.8. The quantitative estimate of drug-likeness (QED) is 0.620. The van der Waals surface area contributed by atoms with Gasteiger partial charge < -0.3 is 4.98 Å². The number of nitrogens with zero attached hydrogens (tertiary/aromatic N) is 2. The maximum Gasteiger partial charge on any atom is 0.357 e. The van der Waals surface area contributed by atoms with E-state index in [4.69, 9.17) is 23.2 Å². The number of benzene rings is 1. The summed E-state index contributed by atoms with van der Waals surface area (Å²) in [6, 6.07) is 2.32. The van der Waals surface area contributed by atoms with E-state index in [0.717, 1.165) is 18.2 Å². The predicted molar refractivity (Wildman–Crippen MR) is 86.4 cm³/mol. The zero-order valence-electron chi connectivity index (χ0n) is 11.4. The van der Waals surface area contributed by atoms with Gasteiger partial charge in [0.15, 0.2) is 0 Å². The fourth-order valence-electron chi connectivity index (χ4n) is 1.82. The third-order valence-electron chi connectivity index (χ3n) is 2.85. The molecule has 24 heavy (non-hydrogen) atoms. The molecule has 2 N–H and O–H groups in total. The van der Waals surface area contributed by atoms with Crippen molar-refractivity contribution in [3.8, 4) is 0 Å². The van der Waals surface area contributed by atoms with Crippen LogP contribution in [0.1, 0.15) is 11.3 Å². The summed E-state index contributed by atoms with van der Waals surface area (Å²) in [5.41, 5.74) is -3.88. The molecule has 1 aromatic carbocycles. The zero-order chi connectivity index (χ0) is 18.0. The van der Waals surface area contributed by atoms with Gasteiger partial charge in [0.25, 0.3) is 5.69 Å². The summed E-state index contributed by atoms with van der Waals surface area (Å²) in [7, 11) is 0. The van der Waals surface area contributed by atoms with Crippen molar-refractivity contribution in [2.45, 2.75) is 0 Å². The van der Waals surface area contributed by atoms with Crippen molar-refractivity contribution in [2.24, 2.45) is 0 Å². The Balaban J connectivity index is 2.64. The van der Waals surface area contributed by atoms with Crippen LogP contribution < -0.4 is 11.2 Å². The Kier molecular flexibility index (Phi) is 4.81. The Labute approximate surface area is 141 Å². The molecule has 0 saturated heterocycles. The van der Waals surface area contributed by atoms with E-state index >= 15 is 0 Å². The number of halogens is 2. The summed E-state index contributed by atoms with van der Waals surface area (Å²) in [6.45, 7) is 0. The molecule has 0 unspecified atom stereocenters. The average Bonchev–Trinajstić information content (AvgIpc) is 2.45. The molecule has 1 heterocycles. The highest BCUT2D eigenvalue weighted by atomic mass is 35.5. The van der Waals surface area contributed by atoms with Crippen molar-refractivity contribution in [1.82, 2.24) is 9.97 Å². The Hall–Kier alpha value is -2.98. The fourth-order valence-corrected chi connectivity index (χ4v) is 2.38. The van der Waals surface area contributed by atoms with Gasteiger partial charge in [-0.15, -0.1) is 0 Å². The van der Waals surface area contributed by atoms with Crippen LogP contribution in [-0.2, 0) is 0 Å². The summed E-state index contributed by atoms with van der Waals surface area (Å²) in [5, 5.41) is 21.5. The second kappa shape index (κ2) is 6.64. The molecule has 0 spiro atoms. The van der Waals surface area contributed by atoms with Crippen molar-refractivity contribution >= 4 is 46.7 Å². The molecule has 2 rings (SSSR count). The highest BCUT2D eigenvalue weighted by molar-refractivity contribution is 6.38. The van der Waals surface area contributed by atoms with Crippen LogP contribution in [0, 0.1) is 20.2 Å². The van der Waals surface area contributed by atoms with Gasteiger partial charge in [0.2, 0.25) is 0 Å². The molecule has 0 amide bonds. The van der Waals surface area contributed by atoms with Crippen LogP contribution >= 0.6 is 23.2 Å². The van der Waals surface area contributed by atoms with E-state index in [1.165, 1.54) is 6.07 Å². The zero-order valence-corrected chi connectivity index (χ0v) is 12.9. The molecule has 0 fully saturated rings. The lowest BCUT2D eigenvalue weighted by atomic mass is 10.1. The first-order valence-corrected chi connectivity index (χ1v) is 6.79. The van der Waals surface area contributed by atoms with Crippen LogP contribution in [0.2, 0.25) is 10.0 Å². The second-order valence-electron chi connectivity index (χ2n) is 4.31. The minimum absolute atomic E-state index is 0.00274. The Morgan fingerprint density at radius 3 is 2.25 bits per heavy atom. The molecule has 124 valence electrons. The Morgan fingerprint density at radius 1 is 1.00 bits per heavy atom. The van der Waals surface area contributed by atoms with E-state index in [-0.39, 0.29) is 15.6 Å². The Morgan fingerprint density at radius 2 is 1.67 bits per heavy atom. The first-order valence-electron chi connectivity index (χ1n) is 6.04. The minimum Gasteiger partial charge on any atom is -0.301 e. The SMILES string of the molecule is O=c1[nH]c(/C=C/c2c(Cl)ccc([N+](=O)[O-])c2Cl)c([N+](=O)[O-])c(=O)[nH]1. The van der Waals surface area contributed by atoms with Crippen LogP contribution in [0.25, 0.3) is 12.2 Å². The van der Waals surface area contributed by atoms with E-state index in [0.29, 0.717) is 0 Å². The van der Waals surface area contributed by atoms with Gasteiger partial charge in [0.05, 0.1) is 9.85 Å². The smallest absolute Gasteiger partial charge is 0.301 e. The van der Waals surface area contributed by atoms with Crippen molar-refractivity contribution in [3.05, 3.63) is 74.5 Å². The molecule has 0 saturated carbocycles. The lowest BCUT2D eigenvalue weighted by molar-refractivity contribution is -0.386. The van der Waals surface area contributed by atoms with Gasteiger partial charge in [-0.2, -0.15) is 0 Å². The summed E-state index contributed by atoms with van der Waals surface area (Å²) in [4.78, 5) is 46.7. The van der Waals surface area contributed by atoms with Crippen LogP contribution in [-0.4, -0.2) is 19.8 Å². The lowest BCUT2D eigenvalue weighted by Gasteiger charge is -2.03. The number of hydrogen-bond acceptors (Lipinski definition) is 6. The molecule has 2 aromatic rings. The van der Waals surface area contributed by atoms with E-state index < -0.39 is 38.2 Å². The van der Waals surface area contributed by atoms with Gasteiger partial charge in [-0.1, -0.05) is 23.2 Å². The first-order chi connectivity index (χ1) is 11.2. The van der Waals surface area contributed by atoms with Gasteiger partial charge in [0.1, 0.15) is 10.7 Å². The monoisotopic (exact) mass is 372 g/mol. The predicted octanol–water partition coefficient (Wildman–Crippen LogP) is 2.36. The lowest BCUT2D eigenvalue weighted by Crippen LogP contribution is -2.25. The van der Waals surface area contributed by atoms with Gasteiger partial charge in [0, 0.05) is 16.7 Å². The Bertz CT molecular complexity index is 994. The van der Waals surface area contributed by atoms with Crippen LogP contribution in [0.3, 0.4) is 0 Å². The molecular weight excluding hydrogens is 367 g/mol. The maximum absolute atomic E-state index is 11.5. The van der Waals surface area contributed by atoms with Gasteiger partial charge in [-0.05, 0) is 18.2 Å².